The number of primary amides is 1. The molecule has 0 radical (unpaired) electrons. The van der Waals surface area contributed by atoms with Crippen LogP contribution in [0.1, 0.15) is 35.5 Å². The molecule has 0 saturated carbocycles. The van der Waals surface area contributed by atoms with Crippen LogP contribution in [0.4, 0.5) is 0 Å². The summed E-state index contributed by atoms with van der Waals surface area (Å²) in [5, 5.41) is 11.0. The van der Waals surface area contributed by atoms with E-state index in [1.54, 1.807) is 18.3 Å². The van der Waals surface area contributed by atoms with Crippen molar-refractivity contribution in [2.45, 2.75) is 26.8 Å². The van der Waals surface area contributed by atoms with E-state index in [4.69, 9.17) is 15.7 Å². The first-order valence-corrected chi connectivity index (χ1v) is 10.2. The molecule has 0 saturated heterocycles. The number of nitrogens with one attached hydrogen (secondary N) is 1. The minimum atomic E-state index is -1.06. The van der Waals surface area contributed by atoms with E-state index in [0.29, 0.717) is 29.6 Å². The van der Waals surface area contributed by atoms with Crippen molar-refractivity contribution in [3.05, 3.63) is 65.4 Å². The Hall–Kier alpha value is -4.12. The topological polar surface area (TPSA) is 127 Å². The number of ketones is 1. The molecule has 0 bridgehead atoms. The van der Waals surface area contributed by atoms with Crippen molar-refractivity contribution in [1.29, 1.82) is 5.26 Å². The zero-order chi connectivity index (χ0) is 23.3. The van der Waals surface area contributed by atoms with E-state index in [1.165, 1.54) is 0 Å². The van der Waals surface area contributed by atoms with Crippen LogP contribution in [0.2, 0.25) is 0 Å². The highest BCUT2D eigenvalue weighted by Gasteiger charge is 2.28. The number of Topliss-reactive ketones (excluding diaryl/α,β-unsaturated/α-hetero) is 1. The molecule has 0 fully saturated rings. The average Bonchev–Trinajstić information content (AvgIpc) is 3.05. The van der Waals surface area contributed by atoms with Crippen molar-refractivity contribution in [2.75, 3.05) is 6.61 Å². The second kappa shape index (κ2) is 9.79. The van der Waals surface area contributed by atoms with E-state index in [1.807, 2.05) is 60.1 Å². The number of hydrogen-bond donors (Lipinski definition) is 2. The van der Waals surface area contributed by atoms with Gasteiger partial charge in [-0.3, -0.25) is 19.7 Å². The van der Waals surface area contributed by atoms with Crippen molar-refractivity contribution >= 4 is 28.5 Å². The predicted octanol–water partition coefficient (Wildman–Crippen LogP) is 2.53. The van der Waals surface area contributed by atoms with Crippen LogP contribution < -0.4 is 15.8 Å². The van der Waals surface area contributed by atoms with Crippen LogP contribution in [0, 0.1) is 17.4 Å². The Morgan fingerprint density at radius 2 is 1.84 bits per heavy atom. The van der Waals surface area contributed by atoms with Gasteiger partial charge in [-0.15, -0.1) is 0 Å². The predicted molar refractivity (Wildman–Crippen MR) is 119 cm³/mol. The first-order chi connectivity index (χ1) is 15.3. The molecule has 8 nitrogen and oxygen atoms in total. The SMILES string of the molecule is CC(C)Cc1c(C(=O)C(N)=O)c2c(OCC(=O)NC#N)cccc2n1Cc1ccccc1. The summed E-state index contributed by atoms with van der Waals surface area (Å²) in [4.78, 5) is 36.6. The molecule has 0 aliphatic carbocycles. The third-order valence-corrected chi connectivity index (χ3v) is 4.95. The van der Waals surface area contributed by atoms with Crippen LogP contribution in [-0.2, 0) is 22.6 Å². The van der Waals surface area contributed by atoms with Gasteiger partial charge in [0.05, 0.1) is 16.5 Å². The van der Waals surface area contributed by atoms with Gasteiger partial charge in [0.15, 0.2) is 12.8 Å². The summed E-state index contributed by atoms with van der Waals surface area (Å²) in [5.41, 5.74) is 7.97. The van der Waals surface area contributed by atoms with E-state index < -0.39 is 24.2 Å². The first kappa shape index (κ1) is 22.6. The fourth-order valence-electron chi connectivity index (χ4n) is 3.70. The van der Waals surface area contributed by atoms with Gasteiger partial charge in [-0.05, 0) is 30.0 Å². The molecule has 0 unspecified atom stereocenters. The summed E-state index contributed by atoms with van der Waals surface area (Å²) in [6, 6.07) is 14.9. The molecule has 0 atom stereocenters. The van der Waals surface area contributed by atoms with Crippen LogP contribution in [-0.4, -0.2) is 28.8 Å². The second-order valence-electron chi connectivity index (χ2n) is 7.78. The molecular weight excluding hydrogens is 408 g/mol. The summed E-state index contributed by atoms with van der Waals surface area (Å²) >= 11 is 0. The van der Waals surface area contributed by atoms with Crippen LogP contribution in [0.15, 0.2) is 48.5 Å². The lowest BCUT2D eigenvalue weighted by molar-refractivity contribution is -0.122. The molecule has 3 rings (SSSR count). The molecule has 2 aromatic carbocycles. The molecule has 0 aliphatic heterocycles. The normalized spacial score (nSPS) is 10.7. The fourth-order valence-corrected chi connectivity index (χ4v) is 3.70. The molecule has 8 heteroatoms. The molecule has 3 aromatic rings. The molecule has 1 heterocycles. The first-order valence-electron chi connectivity index (χ1n) is 10.2. The molecule has 0 aliphatic rings. The van der Waals surface area contributed by atoms with Gasteiger partial charge in [0.2, 0.25) is 0 Å². The molecule has 0 spiro atoms. The lowest BCUT2D eigenvalue weighted by Gasteiger charge is -2.14. The maximum absolute atomic E-state index is 13.0. The Labute approximate surface area is 185 Å². The van der Waals surface area contributed by atoms with Crippen LogP contribution in [0.5, 0.6) is 5.75 Å². The second-order valence-corrected chi connectivity index (χ2v) is 7.78. The van der Waals surface area contributed by atoms with Gasteiger partial charge in [-0.25, -0.2) is 0 Å². The standard InChI is InChI=1S/C24H24N4O4/c1-15(2)11-18-22(23(30)24(26)31)21-17(28(18)12-16-7-4-3-5-8-16)9-6-10-19(21)32-13-20(29)27-14-25/h3-10,15H,11-13H2,1-2H3,(H2,26,31)(H,27,29). The lowest BCUT2D eigenvalue weighted by Crippen LogP contribution is -2.25. The van der Waals surface area contributed by atoms with Crippen LogP contribution in [0.25, 0.3) is 10.9 Å². The summed E-state index contributed by atoms with van der Waals surface area (Å²) in [7, 11) is 0. The highest BCUT2D eigenvalue weighted by Crippen LogP contribution is 2.36. The number of aromatic nitrogens is 1. The van der Waals surface area contributed by atoms with Gasteiger partial charge >= 0.3 is 0 Å². The van der Waals surface area contributed by atoms with Crippen molar-refractivity contribution in [3.8, 4) is 11.9 Å². The monoisotopic (exact) mass is 432 g/mol. The van der Waals surface area contributed by atoms with Crippen molar-refractivity contribution in [1.82, 2.24) is 9.88 Å². The number of ether oxygens (including phenoxy) is 1. The zero-order valence-electron chi connectivity index (χ0n) is 17.9. The highest BCUT2D eigenvalue weighted by molar-refractivity contribution is 6.45. The number of nitrogens with zero attached hydrogens (tertiary/aromatic N) is 2. The number of hydrogen-bond acceptors (Lipinski definition) is 5. The highest BCUT2D eigenvalue weighted by atomic mass is 16.5. The van der Waals surface area contributed by atoms with E-state index in [0.717, 1.165) is 5.56 Å². The number of carbonyl (C=O) groups is 3. The smallest absolute Gasteiger partial charge is 0.289 e. The number of carbonyl (C=O) groups excluding carboxylic acids is 3. The Morgan fingerprint density at radius 3 is 2.47 bits per heavy atom. The number of amides is 2. The minimum Gasteiger partial charge on any atom is -0.483 e. The van der Waals surface area contributed by atoms with Gasteiger partial charge in [-0.2, -0.15) is 5.26 Å². The summed E-state index contributed by atoms with van der Waals surface area (Å²) in [6.45, 7) is 4.10. The minimum absolute atomic E-state index is 0.188. The number of nitriles is 1. The third-order valence-electron chi connectivity index (χ3n) is 4.95. The Bertz CT molecular complexity index is 1210. The molecule has 1 aromatic heterocycles. The van der Waals surface area contributed by atoms with Crippen molar-refractivity contribution in [2.24, 2.45) is 11.7 Å². The van der Waals surface area contributed by atoms with E-state index >= 15 is 0 Å². The molecule has 3 N–H and O–H groups in total. The average molecular weight is 432 g/mol. The van der Waals surface area contributed by atoms with Gasteiger partial charge in [0, 0.05) is 12.2 Å². The van der Waals surface area contributed by atoms with Crippen LogP contribution >= 0.6 is 0 Å². The van der Waals surface area contributed by atoms with Gasteiger partial charge in [-0.1, -0.05) is 50.2 Å². The molecule has 164 valence electrons. The Morgan fingerprint density at radius 1 is 1.12 bits per heavy atom. The number of rotatable bonds is 9. The van der Waals surface area contributed by atoms with Crippen LogP contribution in [0.3, 0.4) is 0 Å². The zero-order valence-corrected chi connectivity index (χ0v) is 17.9. The van der Waals surface area contributed by atoms with E-state index in [9.17, 15) is 14.4 Å². The molecule has 32 heavy (non-hydrogen) atoms. The lowest BCUT2D eigenvalue weighted by atomic mass is 9.99. The Balaban J connectivity index is 2.25. The van der Waals surface area contributed by atoms with E-state index in [-0.39, 0.29) is 17.2 Å². The van der Waals surface area contributed by atoms with Crippen molar-refractivity contribution < 1.29 is 19.1 Å². The molecule has 2 amide bonds. The third kappa shape index (κ3) is 4.78. The molecular formula is C24H24N4O4. The number of fused-ring (bicyclic) bond motifs is 1. The van der Waals surface area contributed by atoms with Gasteiger partial charge in [0.1, 0.15) is 5.75 Å². The quantitative estimate of drug-likeness (QED) is 0.232. The number of benzene rings is 2. The Kier molecular flexibility index (Phi) is 6.90. The largest absolute Gasteiger partial charge is 0.483 e. The van der Waals surface area contributed by atoms with Crippen molar-refractivity contribution in [3.63, 3.8) is 0 Å². The maximum atomic E-state index is 13.0. The number of nitrogens with two attached hydrogens (primary N) is 1. The maximum Gasteiger partial charge on any atom is 0.289 e. The summed E-state index contributed by atoms with van der Waals surface area (Å²) in [5.74, 6) is -2.05. The summed E-state index contributed by atoms with van der Waals surface area (Å²) in [6.07, 6.45) is 2.08. The summed E-state index contributed by atoms with van der Waals surface area (Å²) < 4.78 is 7.64. The fraction of sp³-hybridized carbons (Fsp3) is 0.250. The van der Waals surface area contributed by atoms with Gasteiger partial charge < -0.3 is 15.0 Å². The van der Waals surface area contributed by atoms with E-state index in [2.05, 4.69) is 0 Å². The van der Waals surface area contributed by atoms with Gasteiger partial charge in [0.25, 0.3) is 17.6 Å².